The number of alkyl carbamates (subject to hydrolysis) is 1. The molecule has 10 heteroatoms. The topological polar surface area (TPSA) is 134 Å². The van der Waals surface area contributed by atoms with Crippen LogP contribution in [0.4, 0.5) is 4.79 Å². The summed E-state index contributed by atoms with van der Waals surface area (Å²) in [7, 11) is 0. The van der Waals surface area contributed by atoms with Gasteiger partial charge in [0, 0.05) is 13.1 Å². The van der Waals surface area contributed by atoms with Crippen molar-refractivity contribution in [1.82, 2.24) is 20.9 Å². The van der Waals surface area contributed by atoms with Gasteiger partial charge in [-0.05, 0) is 88.4 Å². The van der Waals surface area contributed by atoms with Gasteiger partial charge in [0.25, 0.3) is 5.91 Å². The Morgan fingerprint density at radius 3 is 2.34 bits per heavy atom. The normalized spacial score (nSPS) is 23.8. The van der Waals surface area contributed by atoms with E-state index in [1.807, 2.05) is 20.8 Å². The number of carbonyl (C=O) groups excluding carboxylic acids is 5. The van der Waals surface area contributed by atoms with E-state index < -0.39 is 52.8 Å². The Hall–Kier alpha value is -3.17. The smallest absolute Gasteiger partial charge is 0.408 e. The summed E-state index contributed by atoms with van der Waals surface area (Å²) in [5, 5.41) is 8.30. The standard InChI is InChI=1S/C34H54N4O6/c1-10-11-17-23(26(39)29(41)35-19-18-21-15-13-12-14-16-21)36-28(40)25-24-22(34(24,8)9)20-38(25)30(42)27(32(2,3)4)37-31(43)44-33(5,6)7/h10,15,22-25,27H,1,11-14,16-20H2,2-9H3,(H,35,41)(H,36,40)(H,37,43)/t22-,23?,24-,25-,27+/m0/s1. The van der Waals surface area contributed by atoms with Crippen LogP contribution in [0.25, 0.3) is 0 Å². The highest BCUT2D eigenvalue weighted by Crippen LogP contribution is 2.65. The summed E-state index contributed by atoms with van der Waals surface area (Å²) in [6, 6.07) is -2.84. The molecule has 5 atom stereocenters. The molecule has 1 heterocycles. The predicted molar refractivity (Wildman–Crippen MR) is 169 cm³/mol. The van der Waals surface area contributed by atoms with Crippen molar-refractivity contribution in [3.8, 4) is 0 Å². The summed E-state index contributed by atoms with van der Waals surface area (Å²) in [5.41, 5.74) is -0.293. The van der Waals surface area contributed by atoms with Crippen LogP contribution in [-0.4, -0.2) is 71.3 Å². The molecule has 0 aromatic heterocycles. The van der Waals surface area contributed by atoms with E-state index in [0.717, 1.165) is 19.3 Å². The van der Waals surface area contributed by atoms with E-state index in [0.29, 0.717) is 25.9 Å². The average molecular weight is 615 g/mol. The second-order valence-corrected chi connectivity index (χ2v) is 15.2. The molecular formula is C34H54N4O6. The third-order valence-corrected chi connectivity index (χ3v) is 9.17. The molecule has 0 aromatic rings. The Kier molecular flexibility index (Phi) is 11.1. The minimum absolute atomic E-state index is 0.101. The van der Waals surface area contributed by atoms with Gasteiger partial charge in [-0.25, -0.2) is 4.79 Å². The van der Waals surface area contributed by atoms with Crippen molar-refractivity contribution in [2.45, 2.75) is 124 Å². The van der Waals surface area contributed by atoms with E-state index in [2.05, 4.69) is 42.5 Å². The van der Waals surface area contributed by atoms with Crippen LogP contribution in [0, 0.1) is 22.7 Å². The van der Waals surface area contributed by atoms with Gasteiger partial charge in [0.2, 0.25) is 17.6 Å². The van der Waals surface area contributed by atoms with Gasteiger partial charge in [-0.2, -0.15) is 0 Å². The molecule has 0 radical (unpaired) electrons. The lowest BCUT2D eigenvalue weighted by Gasteiger charge is -2.38. The molecule has 3 N–H and O–H groups in total. The van der Waals surface area contributed by atoms with Crippen molar-refractivity contribution >= 4 is 29.6 Å². The van der Waals surface area contributed by atoms with Crippen LogP contribution in [0.3, 0.4) is 0 Å². The first-order valence-corrected chi connectivity index (χ1v) is 16.1. The summed E-state index contributed by atoms with van der Waals surface area (Å²) in [6.07, 6.45) is 8.86. The van der Waals surface area contributed by atoms with Crippen LogP contribution in [0.5, 0.6) is 0 Å². The second-order valence-electron chi connectivity index (χ2n) is 15.2. The minimum atomic E-state index is -1.05. The summed E-state index contributed by atoms with van der Waals surface area (Å²) < 4.78 is 5.43. The Morgan fingerprint density at radius 1 is 1.09 bits per heavy atom. The van der Waals surface area contributed by atoms with Crippen LogP contribution in [-0.2, 0) is 23.9 Å². The van der Waals surface area contributed by atoms with Crippen molar-refractivity contribution in [1.29, 1.82) is 0 Å². The third kappa shape index (κ3) is 8.72. The van der Waals surface area contributed by atoms with Gasteiger partial charge in [0.15, 0.2) is 0 Å². The molecule has 1 saturated heterocycles. The fourth-order valence-corrected chi connectivity index (χ4v) is 6.58. The van der Waals surface area contributed by atoms with Crippen LogP contribution in [0.15, 0.2) is 24.3 Å². The van der Waals surface area contributed by atoms with Gasteiger partial charge < -0.3 is 25.6 Å². The summed E-state index contributed by atoms with van der Waals surface area (Å²) in [5.74, 6) is -2.29. The summed E-state index contributed by atoms with van der Waals surface area (Å²) >= 11 is 0. The number of ether oxygens (including phenoxy) is 1. The molecule has 3 aliphatic rings. The van der Waals surface area contributed by atoms with Crippen LogP contribution in [0.1, 0.15) is 100 Å². The minimum Gasteiger partial charge on any atom is -0.444 e. The first-order chi connectivity index (χ1) is 20.4. The zero-order chi connectivity index (χ0) is 33.0. The molecule has 0 aromatic carbocycles. The number of rotatable bonds is 12. The van der Waals surface area contributed by atoms with E-state index in [4.69, 9.17) is 4.74 Å². The lowest BCUT2D eigenvalue weighted by atomic mass is 9.85. The number of hydrogen-bond acceptors (Lipinski definition) is 6. The van der Waals surface area contributed by atoms with Crippen LogP contribution < -0.4 is 16.0 Å². The maximum Gasteiger partial charge on any atom is 0.408 e. The van der Waals surface area contributed by atoms with Crippen molar-refractivity contribution in [3.63, 3.8) is 0 Å². The Morgan fingerprint density at radius 2 is 1.77 bits per heavy atom. The van der Waals surface area contributed by atoms with Crippen LogP contribution in [0.2, 0.25) is 0 Å². The third-order valence-electron chi connectivity index (χ3n) is 9.17. The Labute approximate surface area is 263 Å². The molecule has 0 spiro atoms. The maximum atomic E-state index is 14.1. The molecule has 0 bridgehead atoms. The Bertz CT molecular complexity index is 1160. The number of nitrogens with one attached hydrogen (secondary N) is 3. The van der Waals surface area contributed by atoms with Gasteiger partial charge in [0.05, 0.1) is 6.04 Å². The number of ketones is 1. The predicted octanol–water partition coefficient (Wildman–Crippen LogP) is 4.44. The highest BCUT2D eigenvalue weighted by molar-refractivity contribution is 6.38. The number of likely N-dealkylation sites (tertiary alicyclic amines) is 1. The molecule has 2 aliphatic carbocycles. The zero-order valence-corrected chi connectivity index (χ0v) is 28.0. The first kappa shape index (κ1) is 35.3. The largest absolute Gasteiger partial charge is 0.444 e. The fourth-order valence-electron chi connectivity index (χ4n) is 6.58. The number of allylic oxidation sites excluding steroid dienone is 2. The van der Waals surface area contributed by atoms with E-state index >= 15 is 0 Å². The number of carbonyl (C=O) groups is 5. The lowest BCUT2D eigenvalue weighted by molar-refractivity contribution is -0.145. The van der Waals surface area contributed by atoms with Crippen molar-refractivity contribution in [2.75, 3.05) is 13.1 Å². The number of nitrogens with zero attached hydrogens (tertiary/aromatic N) is 1. The number of Topliss-reactive ketones (excluding diaryl/α,β-unsaturated/α-hetero) is 1. The number of hydrogen-bond donors (Lipinski definition) is 3. The second kappa shape index (κ2) is 13.9. The fraction of sp³-hybridized carbons (Fsp3) is 0.735. The molecule has 246 valence electrons. The van der Waals surface area contributed by atoms with Crippen molar-refractivity contribution in [3.05, 3.63) is 24.3 Å². The van der Waals surface area contributed by atoms with Crippen molar-refractivity contribution < 1.29 is 28.7 Å². The molecule has 44 heavy (non-hydrogen) atoms. The SMILES string of the molecule is C=CCCC(NC(=O)[C@@H]1[C@@H]2[C@H](CN1C(=O)[C@@H](NC(=O)OC(C)(C)C)C(C)(C)C)C2(C)C)C(=O)C(=O)NCCC1=CCCCC1. The quantitative estimate of drug-likeness (QED) is 0.220. The molecule has 4 amide bonds. The van der Waals surface area contributed by atoms with Gasteiger partial charge in [0.1, 0.15) is 17.7 Å². The molecule has 3 rings (SSSR count). The average Bonchev–Trinajstić information content (AvgIpc) is 3.24. The monoisotopic (exact) mass is 614 g/mol. The first-order valence-electron chi connectivity index (χ1n) is 16.1. The van der Waals surface area contributed by atoms with Gasteiger partial charge in [-0.3, -0.25) is 19.2 Å². The van der Waals surface area contributed by atoms with Crippen molar-refractivity contribution in [2.24, 2.45) is 22.7 Å². The number of fused-ring (bicyclic) bond motifs is 1. The molecule has 10 nitrogen and oxygen atoms in total. The molecule has 1 unspecified atom stereocenters. The van der Waals surface area contributed by atoms with E-state index in [-0.39, 0.29) is 29.6 Å². The Balaban J connectivity index is 1.76. The van der Waals surface area contributed by atoms with Gasteiger partial charge >= 0.3 is 6.09 Å². The molecule has 2 fully saturated rings. The summed E-state index contributed by atoms with van der Waals surface area (Å²) in [6.45, 7) is 19.4. The molecule has 1 saturated carbocycles. The van der Waals surface area contributed by atoms with Crippen LogP contribution >= 0.6 is 0 Å². The molecular weight excluding hydrogens is 560 g/mol. The van der Waals surface area contributed by atoms with Gasteiger partial charge in [-0.1, -0.05) is 52.3 Å². The number of amides is 4. The summed E-state index contributed by atoms with van der Waals surface area (Å²) in [4.78, 5) is 68.4. The zero-order valence-electron chi connectivity index (χ0n) is 28.0. The molecule has 1 aliphatic heterocycles. The van der Waals surface area contributed by atoms with Gasteiger partial charge in [-0.15, -0.1) is 6.58 Å². The van der Waals surface area contributed by atoms with E-state index in [1.54, 1.807) is 26.8 Å². The van der Waals surface area contributed by atoms with E-state index in [1.165, 1.54) is 16.9 Å². The highest BCUT2D eigenvalue weighted by Gasteiger charge is 2.70. The highest BCUT2D eigenvalue weighted by atomic mass is 16.6. The lowest BCUT2D eigenvalue weighted by Crippen LogP contribution is -2.60. The number of piperidine rings is 1. The maximum absolute atomic E-state index is 14.1. The van der Waals surface area contributed by atoms with E-state index in [9.17, 15) is 24.0 Å².